The molecule has 3 aromatic rings. The van der Waals surface area contributed by atoms with Crippen LogP contribution in [0.5, 0.6) is 0 Å². The van der Waals surface area contributed by atoms with Gasteiger partial charge in [0.15, 0.2) is 0 Å². The Morgan fingerprint density at radius 3 is 2.32 bits per heavy atom. The predicted molar refractivity (Wildman–Crippen MR) is 133 cm³/mol. The van der Waals surface area contributed by atoms with Gasteiger partial charge in [-0.1, -0.05) is 29.8 Å². The molecule has 2 aromatic carbocycles. The SMILES string of the molecule is CCOC(=O)CN(C(=O)Cn1nnc(-c2ccc(F)cc2)n1)[C@@H](C(=O)NC(C)(C)C)c1ccc(C)cc1. The highest BCUT2D eigenvalue weighted by Gasteiger charge is 2.35. The van der Waals surface area contributed by atoms with Gasteiger partial charge in [-0.15, -0.1) is 10.2 Å². The number of rotatable bonds is 9. The number of nitrogens with zero attached hydrogens (tertiary/aromatic N) is 5. The van der Waals surface area contributed by atoms with Crippen LogP contribution >= 0.6 is 0 Å². The van der Waals surface area contributed by atoms with Crippen LogP contribution in [0, 0.1) is 12.7 Å². The van der Waals surface area contributed by atoms with E-state index in [1.165, 1.54) is 24.3 Å². The summed E-state index contributed by atoms with van der Waals surface area (Å²) in [6, 6.07) is 11.6. The summed E-state index contributed by atoms with van der Waals surface area (Å²) in [5.74, 6) is -1.91. The number of carbonyl (C=O) groups is 3. The van der Waals surface area contributed by atoms with Crippen molar-refractivity contribution in [2.45, 2.75) is 52.7 Å². The fourth-order valence-corrected chi connectivity index (χ4v) is 3.57. The molecule has 0 unspecified atom stereocenters. The van der Waals surface area contributed by atoms with Crippen molar-refractivity contribution in [3.63, 3.8) is 0 Å². The summed E-state index contributed by atoms with van der Waals surface area (Å²) in [5.41, 5.74) is 1.44. The van der Waals surface area contributed by atoms with Crippen LogP contribution in [0.15, 0.2) is 48.5 Å². The van der Waals surface area contributed by atoms with E-state index < -0.39 is 48.3 Å². The van der Waals surface area contributed by atoms with Gasteiger partial charge in [-0.25, -0.2) is 4.39 Å². The highest BCUT2D eigenvalue weighted by molar-refractivity contribution is 5.91. The van der Waals surface area contributed by atoms with Crippen molar-refractivity contribution in [1.29, 1.82) is 0 Å². The number of aromatic nitrogens is 4. The molecule has 3 rings (SSSR count). The van der Waals surface area contributed by atoms with E-state index in [1.54, 1.807) is 19.1 Å². The van der Waals surface area contributed by atoms with Gasteiger partial charge in [0.2, 0.25) is 17.6 Å². The molecule has 0 fully saturated rings. The third-order valence-corrected chi connectivity index (χ3v) is 5.21. The first-order valence-electron chi connectivity index (χ1n) is 11.8. The van der Waals surface area contributed by atoms with Crippen LogP contribution in [0.1, 0.15) is 44.9 Å². The second kappa shape index (κ2) is 11.7. The van der Waals surface area contributed by atoms with E-state index in [-0.39, 0.29) is 12.4 Å². The van der Waals surface area contributed by atoms with E-state index in [1.807, 2.05) is 39.8 Å². The molecule has 0 spiro atoms. The normalized spacial score (nSPS) is 12.1. The summed E-state index contributed by atoms with van der Waals surface area (Å²) in [7, 11) is 0. The highest BCUT2D eigenvalue weighted by atomic mass is 19.1. The number of benzene rings is 2. The molecule has 37 heavy (non-hydrogen) atoms. The lowest BCUT2D eigenvalue weighted by Crippen LogP contribution is -2.51. The quantitative estimate of drug-likeness (QED) is 0.440. The molecule has 0 saturated heterocycles. The Hall–Kier alpha value is -4.15. The van der Waals surface area contributed by atoms with Gasteiger partial charge >= 0.3 is 5.97 Å². The van der Waals surface area contributed by atoms with Crippen LogP contribution in [0.4, 0.5) is 4.39 Å². The lowest BCUT2D eigenvalue weighted by atomic mass is 10.0. The summed E-state index contributed by atoms with van der Waals surface area (Å²) in [5, 5.41) is 15.0. The third kappa shape index (κ3) is 7.66. The van der Waals surface area contributed by atoms with Gasteiger partial charge in [-0.3, -0.25) is 14.4 Å². The molecule has 10 nitrogen and oxygen atoms in total. The summed E-state index contributed by atoms with van der Waals surface area (Å²) in [4.78, 5) is 41.7. The van der Waals surface area contributed by atoms with Gasteiger partial charge in [0, 0.05) is 11.1 Å². The number of hydrogen-bond acceptors (Lipinski definition) is 7. The largest absolute Gasteiger partial charge is 0.465 e. The summed E-state index contributed by atoms with van der Waals surface area (Å²) in [6.07, 6.45) is 0. The van der Waals surface area contributed by atoms with Crippen molar-refractivity contribution in [3.05, 3.63) is 65.5 Å². The van der Waals surface area contributed by atoms with Gasteiger partial charge < -0.3 is 15.0 Å². The minimum atomic E-state index is -1.11. The van der Waals surface area contributed by atoms with Gasteiger partial charge in [0.25, 0.3) is 0 Å². The van der Waals surface area contributed by atoms with Gasteiger partial charge in [-0.05, 0) is 69.7 Å². The summed E-state index contributed by atoms with van der Waals surface area (Å²) in [6.45, 7) is 8.31. The molecule has 0 saturated carbocycles. The van der Waals surface area contributed by atoms with Gasteiger partial charge in [-0.2, -0.15) is 4.80 Å². The number of halogens is 1. The molecule has 0 radical (unpaired) electrons. The van der Waals surface area contributed by atoms with Crippen molar-refractivity contribution >= 4 is 17.8 Å². The molecule has 1 N–H and O–H groups in total. The van der Waals surface area contributed by atoms with E-state index in [0.29, 0.717) is 11.1 Å². The van der Waals surface area contributed by atoms with E-state index >= 15 is 0 Å². The average Bonchev–Trinajstić information content (AvgIpc) is 3.27. The number of ether oxygens (including phenoxy) is 1. The maximum absolute atomic E-state index is 13.6. The first-order chi connectivity index (χ1) is 17.5. The fourth-order valence-electron chi connectivity index (χ4n) is 3.57. The zero-order valence-corrected chi connectivity index (χ0v) is 21.6. The smallest absolute Gasteiger partial charge is 0.325 e. The third-order valence-electron chi connectivity index (χ3n) is 5.21. The standard InChI is InChI=1S/C26H31FN6O4/c1-6-37-22(35)16-32(23(25(36)28-26(3,4)5)18-9-7-17(2)8-10-18)21(34)15-33-30-24(29-31-33)19-11-13-20(27)14-12-19/h7-14,23H,6,15-16H2,1-5H3,(H,28,36)/t23-/m1/s1. The van der Waals surface area contributed by atoms with Crippen LogP contribution in [0.25, 0.3) is 11.4 Å². The molecular weight excluding hydrogens is 479 g/mol. The lowest BCUT2D eigenvalue weighted by Gasteiger charge is -2.33. The van der Waals surface area contributed by atoms with Crippen LogP contribution < -0.4 is 5.32 Å². The van der Waals surface area contributed by atoms with Crippen molar-refractivity contribution in [2.24, 2.45) is 0 Å². The topological polar surface area (TPSA) is 119 Å². The van der Waals surface area contributed by atoms with E-state index in [0.717, 1.165) is 15.3 Å². The van der Waals surface area contributed by atoms with E-state index in [9.17, 15) is 18.8 Å². The lowest BCUT2D eigenvalue weighted by molar-refractivity contribution is -0.153. The van der Waals surface area contributed by atoms with E-state index in [4.69, 9.17) is 4.74 Å². The number of nitrogens with one attached hydrogen (secondary N) is 1. The number of tetrazole rings is 1. The van der Waals surface area contributed by atoms with Crippen molar-refractivity contribution in [3.8, 4) is 11.4 Å². The molecule has 2 amide bonds. The van der Waals surface area contributed by atoms with Gasteiger partial charge in [0.05, 0.1) is 6.61 Å². The van der Waals surface area contributed by atoms with Crippen molar-refractivity contribution in [1.82, 2.24) is 30.4 Å². The average molecular weight is 511 g/mol. The minimum absolute atomic E-state index is 0.121. The molecule has 1 atom stereocenters. The molecular formula is C26H31FN6O4. The highest BCUT2D eigenvalue weighted by Crippen LogP contribution is 2.24. The molecule has 1 heterocycles. The fraction of sp³-hybridized carbons (Fsp3) is 0.385. The first-order valence-corrected chi connectivity index (χ1v) is 11.8. The Balaban J connectivity index is 1.95. The zero-order chi connectivity index (χ0) is 27.2. The molecule has 0 bridgehead atoms. The zero-order valence-electron chi connectivity index (χ0n) is 21.6. The number of hydrogen-bond donors (Lipinski definition) is 1. The van der Waals surface area contributed by atoms with E-state index in [2.05, 4.69) is 20.7 Å². The van der Waals surface area contributed by atoms with Crippen LogP contribution in [-0.4, -0.2) is 61.6 Å². The monoisotopic (exact) mass is 510 g/mol. The van der Waals surface area contributed by atoms with Crippen molar-refractivity contribution in [2.75, 3.05) is 13.2 Å². The van der Waals surface area contributed by atoms with Crippen LogP contribution in [0.2, 0.25) is 0 Å². The number of aryl methyl sites for hydroxylation is 1. The molecule has 196 valence electrons. The maximum atomic E-state index is 13.6. The molecule has 0 aliphatic rings. The maximum Gasteiger partial charge on any atom is 0.325 e. The van der Waals surface area contributed by atoms with Crippen LogP contribution in [-0.2, 0) is 25.7 Å². The molecule has 0 aliphatic heterocycles. The Morgan fingerprint density at radius 1 is 1.08 bits per heavy atom. The Bertz CT molecular complexity index is 1240. The Morgan fingerprint density at radius 2 is 1.73 bits per heavy atom. The summed E-state index contributed by atoms with van der Waals surface area (Å²) < 4.78 is 18.3. The predicted octanol–water partition coefficient (Wildman–Crippen LogP) is 2.84. The number of amides is 2. The molecule has 11 heteroatoms. The molecule has 1 aromatic heterocycles. The molecule has 0 aliphatic carbocycles. The second-order valence-corrected chi connectivity index (χ2v) is 9.53. The minimum Gasteiger partial charge on any atom is -0.465 e. The summed E-state index contributed by atoms with van der Waals surface area (Å²) >= 11 is 0. The van der Waals surface area contributed by atoms with Crippen molar-refractivity contribution < 1.29 is 23.5 Å². The first kappa shape index (κ1) is 27.4. The number of esters is 1. The second-order valence-electron chi connectivity index (χ2n) is 9.53. The van der Waals surface area contributed by atoms with Gasteiger partial charge in [0.1, 0.15) is 24.9 Å². The number of carbonyl (C=O) groups excluding carboxylic acids is 3. The van der Waals surface area contributed by atoms with Crippen LogP contribution in [0.3, 0.4) is 0 Å². The Kier molecular flexibility index (Phi) is 8.69. The Labute approximate surface area is 214 Å².